The van der Waals surface area contributed by atoms with Crippen molar-refractivity contribution in [1.82, 2.24) is 4.98 Å². The lowest BCUT2D eigenvalue weighted by atomic mass is 9.96. The van der Waals surface area contributed by atoms with Crippen molar-refractivity contribution in [3.8, 4) is 0 Å². The van der Waals surface area contributed by atoms with Crippen LogP contribution in [0.25, 0.3) is 11.6 Å². The van der Waals surface area contributed by atoms with Gasteiger partial charge in [-0.3, -0.25) is 9.37 Å². The number of allylic oxidation sites excluding steroid dienone is 5. The summed E-state index contributed by atoms with van der Waals surface area (Å²) in [6.45, 7) is 3.65. The molecule has 0 saturated heterocycles. The van der Waals surface area contributed by atoms with Crippen LogP contribution in [0.4, 0.5) is 4.39 Å². The lowest BCUT2D eigenvalue weighted by Crippen LogP contribution is -2.01. The molecule has 2 heteroatoms. The molecule has 17 heavy (non-hydrogen) atoms. The van der Waals surface area contributed by atoms with Gasteiger partial charge >= 0.3 is 0 Å². The average molecular weight is 229 g/mol. The molecule has 0 amide bonds. The van der Waals surface area contributed by atoms with Crippen LogP contribution < -0.4 is 0 Å². The Morgan fingerprint density at radius 1 is 1.47 bits per heavy atom. The van der Waals surface area contributed by atoms with Crippen molar-refractivity contribution in [2.75, 3.05) is 6.67 Å². The topological polar surface area (TPSA) is 12.9 Å². The number of alkyl halides is 1. The molecule has 0 saturated carbocycles. The van der Waals surface area contributed by atoms with Crippen LogP contribution in [0.3, 0.4) is 0 Å². The minimum absolute atomic E-state index is 0.108. The van der Waals surface area contributed by atoms with Gasteiger partial charge in [0.05, 0.1) is 12.4 Å². The third-order valence-corrected chi connectivity index (χ3v) is 2.96. The summed E-state index contributed by atoms with van der Waals surface area (Å²) in [5.41, 5.74) is 4.13. The van der Waals surface area contributed by atoms with E-state index in [1.807, 2.05) is 50.4 Å². The molecule has 0 aromatic carbocycles. The molecule has 1 heterocycles. The number of nitrogens with zero attached hydrogens (tertiary/aromatic N) is 1. The molecule has 1 aromatic heterocycles. The van der Waals surface area contributed by atoms with E-state index in [1.54, 1.807) is 0 Å². The maximum Gasteiger partial charge on any atom is 0.0997 e. The van der Waals surface area contributed by atoms with Crippen molar-refractivity contribution in [3.05, 3.63) is 53.4 Å². The van der Waals surface area contributed by atoms with Gasteiger partial charge < -0.3 is 0 Å². The third-order valence-electron chi connectivity index (χ3n) is 2.96. The molecule has 88 valence electrons. The van der Waals surface area contributed by atoms with Gasteiger partial charge in [0.15, 0.2) is 0 Å². The molecule has 0 radical (unpaired) electrons. The fourth-order valence-electron chi connectivity index (χ4n) is 2.04. The number of aromatic nitrogens is 1. The Labute approximate surface area is 101 Å². The summed E-state index contributed by atoms with van der Waals surface area (Å²) in [6.07, 6.45) is 11.5. The van der Waals surface area contributed by atoms with Gasteiger partial charge in [0.2, 0.25) is 0 Å². The highest BCUT2D eigenvalue weighted by atomic mass is 19.1. The van der Waals surface area contributed by atoms with E-state index in [0.717, 1.165) is 22.4 Å². The van der Waals surface area contributed by atoms with E-state index >= 15 is 0 Å². The maximum atomic E-state index is 12.8. The summed E-state index contributed by atoms with van der Waals surface area (Å²) in [5, 5.41) is 0. The molecule has 1 unspecified atom stereocenters. The second-order valence-electron chi connectivity index (χ2n) is 4.19. The molecular formula is C15H16FN. The van der Waals surface area contributed by atoms with Crippen molar-refractivity contribution < 1.29 is 4.39 Å². The van der Waals surface area contributed by atoms with Crippen LogP contribution in [0.2, 0.25) is 0 Å². The van der Waals surface area contributed by atoms with Crippen molar-refractivity contribution in [2.45, 2.75) is 13.8 Å². The third kappa shape index (κ3) is 2.36. The maximum absolute atomic E-state index is 12.8. The largest absolute Gasteiger partial charge is 0.256 e. The van der Waals surface area contributed by atoms with Crippen LogP contribution in [0, 0.1) is 12.8 Å². The number of hydrogen-bond donors (Lipinski definition) is 0. The van der Waals surface area contributed by atoms with Crippen molar-refractivity contribution in [3.63, 3.8) is 0 Å². The monoisotopic (exact) mass is 229 g/mol. The lowest BCUT2D eigenvalue weighted by Gasteiger charge is -2.11. The van der Waals surface area contributed by atoms with Gasteiger partial charge in [0, 0.05) is 12.1 Å². The van der Waals surface area contributed by atoms with Gasteiger partial charge in [-0.2, -0.15) is 0 Å². The first-order chi connectivity index (χ1) is 8.26. The Morgan fingerprint density at radius 2 is 2.29 bits per heavy atom. The Bertz CT molecular complexity index is 498. The highest BCUT2D eigenvalue weighted by Crippen LogP contribution is 2.30. The summed E-state index contributed by atoms with van der Waals surface area (Å²) in [5.74, 6) is -0.108. The molecule has 1 aliphatic carbocycles. The molecule has 0 fully saturated rings. The van der Waals surface area contributed by atoms with Gasteiger partial charge in [0.1, 0.15) is 0 Å². The van der Waals surface area contributed by atoms with Gasteiger partial charge in [-0.05, 0) is 42.7 Å². The minimum Gasteiger partial charge on any atom is -0.256 e. The normalized spacial score (nSPS) is 19.0. The average Bonchev–Trinajstić information content (AvgIpc) is 2.80. The zero-order valence-electron chi connectivity index (χ0n) is 10.2. The van der Waals surface area contributed by atoms with E-state index in [0.29, 0.717) is 0 Å². The molecule has 1 atom stereocenters. The summed E-state index contributed by atoms with van der Waals surface area (Å²) >= 11 is 0. The van der Waals surface area contributed by atoms with E-state index in [2.05, 4.69) is 11.1 Å². The van der Waals surface area contributed by atoms with Crippen LogP contribution in [0.5, 0.6) is 0 Å². The van der Waals surface area contributed by atoms with Gasteiger partial charge in [0.25, 0.3) is 0 Å². The molecule has 0 aliphatic heterocycles. The predicted octanol–water partition coefficient (Wildman–Crippen LogP) is 3.96. The van der Waals surface area contributed by atoms with Crippen LogP contribution in [-0.4, -0.2) is 11.7 Å². The summed E-state index contributed by atoms with van der Waals surface area (Å²) < 4.78 is 12.8. The first-order valence-corrected chi connectivity index (χ1v) is 5.80. The molecule has 0 spiro atoms. The van der Waals surface area contributed by atoms with E-state index in [4.69, 9.17) is 0 Å². The van der Waals surface area contributed by atoms with Gasteiger partial charge in [-0.1, -0.05) is 24.3 Å². The Kier molecular flexibility index (Phi) is 3.52. The van der Waals surface area contributed by atoms with Crippen LogP contribution in [-0.2, 0) is 0 Å². The molecule has 0 bridgehead atoms. The first-order valence-electron chi connectivity index (χ1n) is 5.80. The van der Waals surface area contributed by atoms with E-state index < -0.39 is 0 Å². The standard InChI is InChI=1S/C15H16FN/c1-3-5-15-11(2)8-13(10-17-15)14-7-4-6-12(14)9-16/h3-8,10,12H,9H2,1-2H3/b5-3-. The van der Waals surface area contributed by atoms with E-state index in [1.165, 1.54) is 0 Å². The minimum atomic E-state index is -0.349. The SMILES string of the molecule is C/C=C\c1ncc(C2=CC=CC2CF)cc1C. The number of rotatable bonds is 3. The fraction of sp³-hybridized carbons (Fsp3) is 0.267. The van der Waals surface area contributed by atoms with Crippen LogP contribution in [0.15, 0.2) is 36.6 Å². The molecule has 1 aromatic rings. The molecule has 1 aliphatic rings. The highest BCUT2D eigenvalue weighted by Gasteiger charge is 2.16. The molecule has 0 N–H and O–H groups in total. The second kappa shape index (κ2) is 5.09. The zero-order valence-corrected chi connectivity index (χ0v) is 10.2. The Morgan fingerprint density at radius 3 is 2.94 bits per heavy atom. The van der Waals surface area contributed by atoms with Crippen LogP contribution >= 0.6 is 0 Å². The Hall–Kier alpha value is -1.70. The molecule has 2 rings (SSSR count). The number of pyridine rings is 1. The quantitative estimate of drug-likeness (QED) is 0.764. The van der Waals surface area contributed by atoms with Crippen molar-refractivity contribution in [2.24, 2.45) is 5.92 Å². The van der Waals surface area contributed by atoms with Gasteiger partial charge in [-0.15, -0.1) is 0 Å². The van der Waals surface area contributed by atoms with Crippen molar-refractivity contribution in [1.29, 1.82) is 0 Å². The lowest BCUT2D eigenvalue weighted by molar-refractivity contribution is 0.460. The smallest absolute Gasteiger partial charge is 0.0997 e. The van der Waals surface area contributed by atoms with E-state index in [-0.39, 0.29) is 12.6 Å². The summed E-state index contributed by atoms with van der Waals surface area (Å²) in [7, 11) is 0. The number of halogens is 1. The first kappa shape index (κ1) is 11.8. The van der Waals surface area contributed by atoms with Crippen LogP contribution in [0.1, 0.15) is 23.7 Å². The van der Waals surface area contributed by atoms with E-state index in [9.17, 15) is 4.39 Å². The Balaban J connectivity index is 2.33. The highest BCUT2D eigenvalue weighted by molar-refractivity contribution is 5.73. The predicted molar refractivity (Wildman–Crippen MR) is 70.3 cm³/mol. The molecular weight excluding hydrogens is 213 g/mol. The number of hydrogen-bond acceptors (Lipinski definition) is 1. The second-order valence-corrected chi connectivity index (χ2v) is 4.19. The fourth-order valence-corrected chi connectivity index (χ4v) is 2.04. The van der Waals surface area contributed by atoms with Gasteiger partial charge in [-0.25, -0.2) is 0 Å². The number of aryl methyl sites for hydroxylation is 1. The summed E-state index contributed by atoms with van der Waals surface area (Å²) in [6, 6.07) is 2.07. The molecule has 1 nitrogen and oxygen atoms in total. The zero-order chi connectivity index (χ0) is 12.3. The summed E-state index contributed by atoms with van der Waals surface area (Å²) in [4.78, 5) is 4.40. The van der Waals surface area contributed by atoms with Crippen molar-refractivity contribution >= 4 is 11.6 Å².